The Morgan fingerprint density at radius 1 is 1.40 bits per heavy atom. The second-order valence-corrected chi connectivity index (χ2v) is 5.38. The van der Waals surface area contributed by atoms with Crippen LogP contribution in [0.25, 0.3) is 0 Å². The van der Waals surface area contributed by atoms with Gasteiger partial charge in [-0.1, -0.05) is 29.8 Å². The zero-order chi connectivity index (χ0) is 15.3. The highest BCUT2D eigenvalue weighted by molar-refractivity contribution is 9.10. The fourth-order valence-corrected chi connectivity index (χ4v) is 1.89. The molecule has 1 atom stereocenters. The number of hydrogen-bond donors (Lipinski definition) is 3. The van der Waals surface area contributed by atoms with Gasteiger partial charge in [0.15, 0.2) is 0 Å². The largest absolute Gasteiger partial charge is 0.480 e. The van der Waals surface area contributed by atoms with Crippen LogP contribution >= 0.6 is 15.9 Å². The fourth-order valence-electron chi connectivity index (χ4n) is 1.53. The van der Waals surface area contributed by atoms with Crippen LogP contribution in [-0.4, -0.2) is 23.1 Å². The maximum absolute atomic E-state index is 11.8. The van der Waals surface area contributed by atoms with Crippen molar-refractivity contribution in [1.82, 2.24) is 5.32 Å². The SMILES string of the molecule is CC(C)[C@H](NC(=O)Nc1ccc(Br)cc1C#N)C(=O)O. The molecule has 0 fully saturated rings. The minimum absolute atomic E-state index is 0.251. The number of aliphatic carboxylic acids is 1. The number of rotatable bonds is 4. The van der Waals surface area contributed by atoms with Crippen molar-refractivity contribution in [3.8, 4) is 6.07 Å². The highest BCUT2D eigenvalue weighted by atomic mass is 79.9. The van der Waals surface area contributed by atoms with Gasteiger partial charge in [-0.3, -0.25) is 0 Å². The standard InChI is InChI=1S/C13H14BrN3O3/c1-7(2)11(12(18)19)17-13(20)16-10-4-3-9(14)5-8(10)6-15/h3-5,7,11H,1-2H3,(H,18,19)(H2,16,17,20)/t11-/m0/s1. The Balaban J connectivity index is 2.81. The van der Waals surface area contributed by atoms with Gasteiger partial charge >= 0.3 is 12.0 Å². The molecule has 1 aromatic carbocycles. The van der Waals surface area contributed by atoms with Crippen molar-refractivity contribution < 1.29 is 14.7 Å². The Morgan fingerprint density at radius 3 is 2.55 bits per heavy atom. The second kappa shape index (κ2) is 6.91. The summed E-state index contributed by atoms with van der Waals surface area (Å²) in [6.45, 7) is 3.39. The molecule has 0 aliphatic rings. The highest BCUT2D eigenvalue weighted by Crippen LogP contribution is 2.20. The van der Waals surface area contributed by atoms with Gasteiger partial charge in [0.1, 0.15) is 12.1 Å². The summed E-state index contributed by atoms with van der Waals surface area (Å²) in [7, 11) is 0. The number of nitrogens with zero attached hydrogens (tertiary/aromatic N) is 1. The molecule has 0 aliphatic carbocycles. The monoisotopic (exact) mass is 339 g/mol. The number of amides is 2. The summed E-state index contributed by atoms with van der Waals surface area (Å²) in [6.07, 6.45) is 0. The van der Waals surface area contributed by atoms with Crippen molar-refractivity contribution >= 4 is 33.6 Å². The Morgan fingerprint density at radius 2 is 2.05 bits per heavy atom. The number of anilines is 1. The Kier molecular flexibility index (Phi) is 5.53. The Hall–Kier alpha value is -2.07. The first-order chi connectivity index (χ1) is 9.35. The number of carboxylic acid groups (broad SMARTS) is 1. The lowest BCUT2D eigenvalue weighted by Crippen LogP contribution is -2.46. The topological polar surface area (TPSA) is 102 Å². The van der Waals surface area contributed by atoms with E-state index < -0.39 is 18.0 Å². The van der Waals surface area contributed by atoms with E-state index in [1.54, 1.807) is 32.0 Å². The molecule has 3 N–H and O–H groups in total. The van der Waals surface area contributed by atoms with Crippen LogP contribution in [0.1, 0.15) is 19.4 Å². The first-order valence-corrected chi connectivity index (χ1v) is 6.64. The van der Waals surface area contributed by atoms with E-state index in [1.165, 1.54) is 0 Å². The zero-order valence-electron chi connectivity index (χ0n) is 11.0. The molecule has 0 aliphatic heterocycles. The number of urea groups is 1. The van der Waals surface area contributed by atoms with Crippen molar-refractivity contribution in [1.29, 1.82) is 5.26 Å². The van der Waals surface area contributed by atoms with Crippen LogP contribution in [0.5, 0.6) is 0 Å². The van der Waals surface area contributed by atoms with E-state index in [1.807, 2.05) is 6.07 Å². The summed E-state index contributed by atoms with van der Waals surface area (Å²) in [5.74, 6) is -1.36. The third-order valence-corrected chi connectivity index (χ3v) is 3.06. The molecule has 1 aromatic rings. The molecule has 106 valence electrons. The number of hydrogen-bond acceptors (Lipinski definition) is 3. The average Bonchev–Trinajstić information content (AvgIpc) is 2.37. The van der Waals surface area contributed by atoms with Crippen LogP contribution in [0, 0.1) is 17.2 Å². The molecule has 0 heterocycles. The highest BCUT2D eigenvalue weighted by Gasteiger charge is 2.23. The van der Waals surface area contributed by atoms with E-state index in [9.17, 15) is 9.59 Å². The van der Waals surface area contributed by atoms with Gasteiger partial charge in [-0.05, 0) is 24.1 Å². The maximum atomic E-state index is 11.8. The molecule has 7 heteroatoms. The summed E-state index contributed by atoms with van der Waals surface area (Å²) in [5, 5.41) is 22.8. The van der Waals surface area contributed by atoms with Gasteiger partial charge in [-0.2, -0.15) is 5.26 Å². The van der Waals surface area contributed by atoms with Gasteiger partial charge in [0.05, 0.1) is 11.3 Å². The molecular formula is C13H14BrN3O3. The summed E-state index contributed by atoms with van der Waals surface area (Å²) in [5.41, 5.74) is 0.604. The van der Waals surface area contributed by atoms with Crippen LogP contribution in [-0.2, 0) is 4.79 Å². The average molecular weight is 340 g/mol. The minimum atomic E-state index is -1.11. The van der Waals surface area contributed by atoms with Crippen LogP contribution in [0.2, 0.25) is 0 Å². The van der Waals surface area contributed by atoms with E-state index >= 15 is 0 Å². The second-order valence-electron chi connectivity index (χ2n) is 4.46. The third-order valence-electron chi connectivity index (χ3n) is 2.57. The van der Waals surface area contributed by atoms with Gasteiger partial charge in [0.25, 0.3) is 0 Å². The minimum Gasteiger partial charge on any atom is -0.480 e. The fraction of sp³-hybridized carbons (Fsp3) is 0.308. The summed E-state index contributed by atoms with van der Waals surface area (Å²) < 4.78 is 0.714. The lowest BCUT2D eigenvalue weighted by atomic mass is 10.1. The third kappa shape index (κ3) is 4.24. The first-order valence-electron chi connectivity index (χ1n) is 5.85. The molecule has 2 amide bonds. The normalized spacial score (nSPS) is 11.6. The van der Waals surface area contributed by atoms with Gasteiger partial charge in [-0.15, -0.1) is 0 Å². The molecular weight excluding hydrogens is 326 g/mol. The van der Waals surface area contributed by atoms with Crippen LogP contribution in [0.15, 0.2) is 22.7 Å². The van der Waals surface area contributed by atoms with Crippen LogP contribution in [0.4, 0.5) is 10.5 Å². The molecule has 0 saturated heterocycles. The molecule has 6 nitrogen and oxygen atoms in total. The van der Waals surface area contributed by atoms with Crippen LogP contribution in [0.3, 0.4) is 0 Å². The van der Waals surface area contributed by atoms with Gasteiger partial charge < -0.3 is 15.7 Å². The van der Waals surface area contributed by atoms with Crippen molar-refractivity contribution in [2.75, 3.05) is 5.32 Å². The summed E-state index contributed by atoms with van der Waals surface area (Å²) in [6, 6.07) is 5.10. The van der Waals surface area contributed by atoms with E-state index in [0.717, 1.165) is 0 Å². The van der Waals surface area contributed by atoms with Crippen molar-refractivity contribution in [3.63, 3.8) is 0 Å². The van der Waals surface area contributed by atoms with Crippen LogP contribution < -0.4 is 10.6 Å². The predicted molar refractivity (Wildman–Crippen MR) is 77.3 cm³/mol. The number of carbonyl (C=O) groups is 2. The quantitative estimate of drug-likeness (QED) is 0.784. The Bertz CT molecular complexity index is 566. The van der Waals surface area contributed by atoms with E-state index in [2.05, 4.69) is 26.6 Å². The van der Waals surface area contributed by atoms with Gasteiger partial charge in [-0.25, -0.2) is 9.59 Å². The molecule has 20 heavy (non-hydrogen) atoms. The molecule has 0 aromatic heterocycles. The molecule has 0 bridgehead atoms. The van der Waals surface area contributed by atoms with Gasteiger partial charge in [0.2, 0.25) is 0 Å². The molecule has 0 unspecified atom stereocenters. The number of halogens is 1. The van der Waals surface area contributed by atoms with E-state index in [0.29, 0.717) is 10.2 Å². The van der Waals surface area contributed by atoms with Crippen molar-refractivity contribution in [2.24, 2.45) is 5.92 Å². The summed E-state index contributed by atoms with van der Waals surface area (Å²) in [4.78, 5) is 22.8. The van der Waals surface area contributed by atoms with E-state index in [-0.39, 0.29) is 11.5 Å². The Labute approximate surface area is 124 Å². The van der Waals surface area contributed by atoms with Crippen molar-refractivity contribution in [2.45, 2.75) is 19.9 Å². The number of carbonyl (C=O) groups excluding carboxylic acids is 1. The number of carboxylic acids is 1. The maximum Gasteiger partial charge on any atom is 0.326 e. The lowest BCUT2D eigenvalue weighted by molar-refractivity contribution is -0.140. The molecule has 0 saturated carbocycles. The lowest BCUT2D eigenvalue weighted by Gasteiger charge is -2.18. The van der Waals surface area contributed by atoms with E-state index in [4.69, 9.17) is 10.4 Å². The van der Waals surface area contributed by atoms with Gasteiger partial charge in [0, 0.05) is 4.47 Å². The zero-order valence-corrected chi connectivity index (χ0v) is 12.6. The smallest absolute Gasteiger partial charge is 0.326 e. The molecule has 0 spiro atoms. The number of benzene rings is 1. The summed E-state index contributed by atoms with van der Waals surface area (Å²) >= 11 is 3.22. The molecule has 1 rings (SSSR count). The number of nitrogens with one attached hydrogen (secondary N) is 2. The predicted octanol–water partition coefficient (Wildman–Crippen LogP) is 2.55. The first kappa shape index (κ1) is 16.0. The number of nitriles is 1. The molecule has 0 radical (unpaired) electrons. The van der Waals surface area contributed by atoms with Crippen molar-refractivity contribution in [3.05, 3.63) is 28.2 Å².